The summed E-state index contributed by atoms with van der Waals surface area (Å²) in [5.41, 5.74) is 1.19. The maximum absolute atomic E-state index is 12.6. The van der Waals surface area contributed by atoms with Crippen LogP contribution < -0.4 is 4.72 Å². The number of nitrogens with zero attached hydrogens (tertiary/aromatic N) is 2. The van der Waals surface area contributed by atoms with Gasteiger partial charge in [-0.2, -0.15) is 9.59 Å². The van der Waals surface area contributed by atoms with Crippen molar-refractivity contribution in [2.75, 3.05) is 4.72 Å². The first kappa shape index (κ1) is 28.9. The van der Waals surface area contributed by atoms with Crippen LogP contribution in [0.2, 0.25) is 0 Å². The van der Waals surface area contributed by atoms with Crippen LogP contribution in [0.1, 0.15) is 95.0 Å². The smallest absolute Gasteiger partial charge is 0.253 e. The van der Waals surface area contributed by atoms with Gasteiger partial charge in [0.15, 0.2) is 0 Å². The van der Waals surface area contributed by atoms with Crippen LogP contribution in [-0.4, -0.2) is 24.8 Å². The molecular weight excluding hydrogens is 458 g/mol. The number of aromatic nitrogens is 2. The van der Waals surface area contributed by atoms with Gasteiger partial charge in [-0.25, -0.2) is 8.42 Å². The van der Waals surface area contributed by atoms with E-state index in [-0.39, 0.29) is 11.0 Å². The summed E-state index contributed by atoms with van der Waals surface area (Å²) < 4.78 is 27.6. The molecule has 7 nitrogen and oxygen atoms in total. The van der Waals surface area contributed by atoms with Crippen LogP contribution in [0.15, 0.2) is 29.2 Å². The number of rotatable bonds is 16. The highest BCUT2D eigenvalue weighted by atomic mass is 32.2. The van der Waals surface area contributed by atoms with Gasteiger partial charge in [0.1, 0.15) is 5.01 Å². The van der Waals surface area contributed by atoms with Crippen LogP contribution in [0, 0.1) is 0 Å². The highest BCUT2D eigenvalue weighted by Gasteiger charge is 2.16. The topological polar surface area (TPSA) is 106 Å². The predicted molar refractivity (Wildman–Crippen MR) is 132 cm³/mol. The molecule has 1 aromatic carbocycles. The molecule has 0 saturated heterocycles. The molecule has 0 unspecified atom stereocenters. The van der Waals surface area contributed by atoms with Gasteiger partial charge in [-0.05, 0) is 37.0 Å². The first-order valence-corrected chi connectivity index (χ1v) is 14.2. The van der Waals surface area contributed by atoms with Crippen molar-refractivity contribution < 1.29 is 18.0 Å². The molecule has 1 aromatic heterocycles. The van der Waals surface area contributed by atoms with E-state index in [0.717, 1.165) is 30.7 Å². The number of anilines is 1. The van der Waals surface area contributed by atoms with Gasteiger partial charge in [0.25, 0.3) is 10.0 Å². The Morgan fingerprint density at radius 3 is 1.88 bits per heavy atom. The summed E-state index contributed by atoms with van der Waals surface area (Å²) in [5, 5.41) is 9.12. The summed E-state index contributed by atoms with van der Waals surface area (Å²) >= 11 is 1.29. The lowest BCUT2D eigenvalue weighted by atomic mass is 10.0. The minimum absolute atomic E-state index is 0.250. The van der Waals surface area contributed by atoms with Crippen molar-refractivity contribution in [1.29, 1.82) is 0 Å². The second-order valence-electron chi connectivity index (χ2n) is 8.02. The van der Waals surface area contributed by atoms with Gasteiger partial charge in [0.2, 0.25) is 5.13 Å². The van der Waals surface area contributed by atoms with Crippen molar-refractivity contribution in [3.8, 4) is 0 Å². The van der Waals surface area contributed by atoms with Crippen molar-refractivity contribution in [3.63, 3.8) is 0 Å². The molecule has 0 radical (unpaired) electrons. The Hall–Kier alpha value is -2.09. The van der Waals surface area contributed by atoms with Crippen LogP contribution in [0.5, 0.6) is 0 Å². The van der Waals surface area contributed by atoms with Crippen molar-refractivity contribution in [2.24, 2.45) is 0 Å². The van der Waals surface area contributed by atoms with Crippen LogP contribution in [0.25, 0.3) is 0 Å². The Morgan fingerprint density at radius 2 is 1.33 bits per heavy atom. The summed E-state index contributed by atoms with van der Waals surface area (Å²) in [6.07, 6.45) is 16.3. The number of aryl methyl sites for hydroxylation is 2. The van der Waals surface area contributed by atoms with E-state index in [4.69, 9.17) is 9.59 Å². The molecule has 9 heteroatoms. The van der Waals surface area contributed by atoms with E-state index in [1.54, 1.807) is 12.1 Å². The molecule has 2 aromatic rings. The molecule has 184 valence electrons. The quantitative estimate of drug-likeness (QED) is 0.279. The minimum Gasteiger partial charge on any atom is -0.253 e. The minimum atomic E-state index is -3.62. The fourth-order valence-electron chi connectivity index (χ4n) is 3.44. The van der Waals surface area contributed by atoms with Crippen molar-refractivity contribution in [1.82, 2.24) is 10.2 Å². The molecule has 0 amide bonds. The summed E-state index contributed by atoms with van der Waals surface area (Å²) in [7, 11) is -3.62. The molecule has 0 atom stereocenters. The summed E-state index contributed by atoms with van der Waals surface area (Å²) in [6, 6.07) is 7.21. The van der Waals surface area contributed by atoms with E-state index in [2.05, 4.69) is 28.8 Å². The molecule has 2 rings (SSSR count). The molecule has 0 saturated carbocycles. The standard InChI is InChI=1S/C23H37N3O2S2.CO2/c1-3-5-6-7-8-9-10-11-12-13-15-20-16-18-21(19-17-20)30(27,28)26-23-25-24-22(29-23)14-4-2;2-1-3/h16-19H,3-15H2,1-2H3,(H,25,26);. The molecule has 0 bridgehead atoms. The third kappa shape index (κ3) is 12.7. The maximum atomic E-state index is 12.6. The lowest BCUT2D eigenvalue weighted by molar-refractivity contribution is -0.191. The average Bonchev–Trinajstić information content (AvgIpc) is 3.22. The molecule has 0 aliphatic rings. The number of hydrogen-bond donors (Lipinski definition) is 1. The third-order valence-corrected chi connectivity index (χ3v) is 7.59. The number of sulfonamides is 1. The molecule has 33 heavy (non-hydrogen) atoms. The predicted octanol–water partition coefficient (Wildman–Crippen LogP) is 6.17. The summed E-state index contributed by atoms with van der Waals surface area (Å²) in [4.78, 5) is 16.5. The van der Waals surface area contributed by atoms with Crippen molar-refractivity contribution >= 4 is 32.6 Å². The van der Waals surface area contributed by atoms with Gasteiger partial charge < -0.3 is 0 Å². The van der Waals surface area contributed by atoms with E-state index >= 15 is 0 Å². The lowest BCUT2D eigenvalue weighted by Gasteiger charge is -2.06. The number of benzene rings is 1. The molecule has 1 N–H and O–H groups in total. The normalized spacial score (nSPS) is 10.8. The zero-order chi connectivity index (χ0) is 24.4. The zero-order valence-electron chi connectivity index (χ0n) is 19.8. The third-order valence-electron chi connectivity index (χ3n) is 5.21. The molecule has 1 heterocycles. The second-order valence-corrected chi connectivity index (χ2v) is 10.8. The van der Waals surface area contributed by atoms with E-state index in [9.17, 15) is 8.42 Å². The second kappa shape index (κ2) is 17.4. The van der Waals surface area contributed by atoms with Gasteiger partial charge >= 0.3 is 6.15 Å². The van der Waals surface area contributed by atoms with Gasteiger partial charge in [-0.15, -0.1) is 10.2 Å². The van der Waals surface area contributed by atoms with Crippen LogP contribution >= 0.6 is 11.3 Å². The first-order chi connectivity index (χ1) is 16.0. The van der Waals surface area contributed by atoms with Crippen LogP contribution in [0.4, 0.5) is 5.13 Å². The average molecular weight is 496 g/mol. The monoisotopic (exact) mass is 495 g/mol. The fourth-order valence-corrected chi connectivity index (χ4v) is 5.51. The fraction of sp³-hybridized carbons (Fsp3) is 0.625. The SMILES string of the molecule is CCCCCCCCCCCCc1ccc(S(=O)(=O)Nc2nnc(CCC)s2)cc1.O=C=O. The van der Waals surface area contributed by atoms with Gasteiger partial charge in [0, 0.05) is 6.42 Å². The van der Waals surface area contributed by atoms with E-state index in [1.807, 2.05) is 12.1 Å². The Labute approximate surface area is 202 Å². The number of hydrogen-bond acceptors (Lipinski definition) is 7. The van der Waals surface area contributed by atoms with Gasteiger partial charge in [0.05, 0.1) is 4.90 Å². The maximum Gasteiger partial charge on any atom is 0.373 e. The lowest BCUT2D eigenvalue weighted by Crippen LogP contribution is -2.12. The Kier molecular flexibility index (Phi) is 15.3. The number of carbonyl (C=O) groups excluding carboxylic acids is 2. The zero-order valence-corrected chi connectivity index (χ0v) is 21.5. The largest absolute Gasteiger partial charge is 0.373 e. The number of nitrogens with one attached hydrogen (secondary N) is 1. The Morgan fingerprint density at radius 1 is 0.788 bits per heavy atom. The van der Waals surface area contributed by atoms with Crippen molar-refractivity contribution in [2.45, 2.75) is 102 Å². The van der Waals surface area contributed by atoms with Crippen LogP contribution in [0.3, 0.4) is 0 Å². The molecule has 0 aliphatic heterocycles. The molecular formula is C24H37N3O4S2. The van der Waals surface area contributed by atoms with E-state index in [1.165, 1.54) is 74.7 Å². The van der Waals surface area contributed by atoms with Gasteiger partial charge in [-0.3, -0.25) is 4.72 Å². The highest BCUT2D eigenvalue weighted by molar-refractivity contribution is 7.93. The Bertz CT molecular complexity index is 906. The summed E-state index contributed by atoms with van der Waals surface area (Å²) in [6.45, 7) is 4.31. The highest BCUT2D eigenvalue weighted by Crippen LogP contribution is 2.21. The van der Waals surface area contributed by atoms with E-state index < -0.39 is 10.0 Å². The summed E-state index contributed by atoms with van der Waals surface area (Å²) in [5.74, 6) is 0. The van der Waals surface area contributed by atoms with Crippen molar-refractivity contribution in [3.05, 3.63) is 34.8 Å². The van der Waals surface area contributed by atoms with Gasteiger partial charge in [-0.1, -0.05) is 95.1 Å². The van der Waals surface area contributed by atoms with E-state index in [0.29, 0.717) is 5.13 Å². The molecule has 0 spiro atoms. The molecule has 0 fully saturated rings. The molecule has 0 aliphatic carbocycles. The first-order valence-electron chi connectivity index (χ1n) is 11.9. The number of unbranched alkanes of at least 4 members (excludes halogenated alkanes) is 9. The van der Waals surface area contributed by atoms with Crippen LogP contribution in [-0.2, 0) is 32.5 Å². The Balaban J connectivity index is 0.00000172.